The molecule has 4 nitrogen and oxygen atoms in total. The van der Waals surface area contributed by atoms with Crippen molar-refractivity contribution in [1.29, 1.82) is 0 Å². The number of carbonyl (C=O) groups is 1. The van der Waals surface area contributed by atoms with Gasteiger partial charge in [-0.15, -0.1) is 0 Å². The average Bonchev–Trinajstić information content (AvgIpc) is 3.13. The molecule has 4 heteroatoms. The first-order valence-corrected chi connectivity index (χ1v) is 6.21. The molecule has 0 atom stereocenters. The van der Waals surface area contributed by atoms with Crippen LogP contribution in [-0.2, 0) is 11.2 Å². The van der Waals surface area contributed by atoms with Gasteiger partial charge in [-0.2, -0.15) is 0 Å². The lowest BCUT2D eigenvalue weighted by Crippen LogP contribution is -2.26. The quantitative estimate of drug-likeness (QED) is 0.868. The van der Waals surface area contributed by atoms with Crippen LogP contribution in [0.5, 0.6) is 5.75 Å². The van der Waals surface area contributed by atoms with Crippen molar-refractivity contribution in [1.82, 2.24) is 5.32 Å². The van der Waals surface area contributed by atoms with E-state index in [9.17, 15) is 9.90 Å². The van der Waals surface area contributed by atoms with Crippen LogP contribution >= 0.6 is 0 Å². The summed E-state index contributed by atoms with van der Waals surface area (Å²) in [6, 6.07) is 5.04. The molecule has 94 valence electrons. The molecule has 0 bridgehead atoms. The lowest BCUT2D eigenvalue weighted by molar-refractivity contribution is -0.122. The van der Waals surface area contributed by atoms with Crippen molar-refractivity contribution in [2.45, 2.75) is 19.3 Å². The van der Waals surface area contributed by atoms with E-state index >= 15 is 0 Å². The topological polar surface area (TPSA) is 62.5 Å². The predicted molar refractivity (Wildman–Crippen MR) is 67.3 cm³/mol. The molecule has 3 rings (SSSR count). The molecule has 18 heavy (non-hydrogen) atoms. The van der Waals surface area contributed by atoms with Crippen LogP contribution in [0.25, 0.3) is 11.0 Å². The smallest absolute Gasteiger partial charge is 0.223 e. The van der Waals surface area contributed by atoms with Crippen molar-refractivity contribution in [2.75, 3.05) is 6.54 Å². The van der Waals surface area contributed by atoms with E-state index < -0.39 is 0 Å². The van der Waals surface area contributed by atoms with Gasteiger partial charge >= 0.3 is 0 Å². The summed E-state index contributed by atoms with van der Waals surface area (Å²) in [5.74, 6) is 0.632. The van der Waals surface area contributed by atoms with E-state index in [2.05, 4.69) is 5.32 Å². The van der Waals surface area contributed by atoms with Crippen LogP contribution in [0.1, 0.15) is 18.4 Å². The van der Waals surface area contributed by atoms with Crippen molar-refractivity contribution < 1.29 is 14.3 Å². The molecule has 0 unspecified atom stereocenters. The van der Waals surface area contributed by atoms with E-state index in [1.807, 2.05) is 0 Å². The molecule has 0 aliphatic heterocycles. The number of nitrogens with one attached hydrogen (secondary N) is 1. The Morgan fingerprint density at radius 2 is 2.28 bits per heavy atom. The summed E-state index contributed by atoms with van der Waals surface area (Å²) in [6.45, 7) is 0.611. The van der Waals surface area contributed by atoms with Gasteiger partial charge in [0.25, 0.3) is 0 Å². The molecule has 1 saturated carbocycles. The second-order valence-electron chi connectivity index (χ2n) is 4.76. The third-order valence-electron chi connectivity index (χ3n) is 3.28. The van der Waals surface area contributed by atoms with E-state index in [0.717, 1.165) is 35.8 Å². The second kappa shape index (κ2) is 4.37. The Labute approximate surface area is 105 Å². The highest BCUT2D eigenvalue weighted by Crippen LogP contribution is 2.29. The van der Waals surface area contributed by atoms with Crippen LogP contribution in [0.15, 0.2) is 28.9 Å². The fraction of sp³-hybridized carbons (Fsp3) is 0.357. The van der Waals surface area contributed by atoms with Crippen molar-refractivity contribution >= 4 is 16.9 Å². The minimum Gasteiger partial charge on any atom is -0.508 e. The molecule has 1 aromatic carbocycles. The number of phenols is 1. The van der Waals surface area contributed by atoms with E-state index in [4.69, 9.17) is 4.42 Å². The van der Waals surface area contributed by atoms with Gasteiger partial charge in [0.1, 0.15) is 11.3 Å². The Morgan fingerprint density at radius 3 is 3.06 bits per heavy atom. The van der Waals surface area contributed by atoms with Crippen LogP contribution in [-0.4, -0.2) is 17.6 Å². The van der Waals surface area contributed by atoms with Gasteiger partial charge < -0.3 is 14.8 Å². The SMILES string of the molecule is O=C(NCCc1coc2ccc(O)cc12)C1CC1. The molecule has 1 aliphatic carbocycles. The summed E-state index contributed by atoms with van der Waals surface area (Å²) < 4.78 is 5.40. The van der Waals surface area contributed by atoms with Gasteiger partial charge in [-0.25, -0.2) is 0 Å². The molecule has 1 aromatic heterocycles. The predicted octanol–water partition coefficient (Wildman–Crippen LogP) is 2.21. The van der Waals surface area contributed by atoms with E-state index in [1.165, 1.54) is 0 Å². The van der Waals surface area contributed by atoms with Crippen molar-refractivity contribution in [3.63, 3.8) is 0 Å². The van der Waals surface area contributed by atoms with Crippen LogP contribution in [0.2, 0.25) is 0 Å². The number of fused-ring (bicyclic) bond motifs is 1. The van der Waals surface area contributed by atoms with Gasteiger partial charge in [0.15, 0.2) is 0 Å². The molecular formula is C14H15NO3. The number of hydrogen-bond donors (Lipinski definition) is 2. The maximum Gasteiger partial charge on any atom is 0.223 e. The highest BCUT2D eigenvalue weighted by Gasteiger charge is 2.29. The van der Waals surface area contributed by atoms with Crippen LogP contribution < -0.4 is 5.32 Å². The van der Waals surface area contributed by atoms with Crippen LogP contribution in [0.4, 0.5) is 0 Å². The maximum absolute atomic E-state index is 11.5. The van der Waals surface area contributed by atoms with Gasteiger partial charge in [-0.3, -0.25) is 4.79 Å². The lowest BCUT2D eigenvalue weighted by Gasteiger charge is -2.02. The Bertz CT molecular complexity index is 584. The molecular weight excluding hydrogens is 230 g/mol. The lowest BCUT2D eigenvalue weighted by atomic mass is 10.1. The second-order valence-corrected chi connectivity index (χ2v) is 4.76. The number of aromatic hydroxyl groups is 1. The Hall–Kier alpha value is -1.97. The summed E-state index contributed by atoms with van der Waals surface area (Å²) in [5, 5.41) is 13.3. The standard InChI is InChI=1S/C14H15NO3/c16-11-3-4-13-12(7-11)10(8-18-13)5-6-15-14(17)9-1-2-9/h3-4,7-9,16H,1-2,5-6H2,(H,15,17). The van der Waals surface area contributed by atoms with Gasteiger partial charge in [0.2, 0.25) is 5.91 Å². The number of carbonyl (C=O) groups excluding carboxylic acids is 1. The van der Waals surface area contributed by atoms with E-state index in [1.54, 1.807) is 24.5 Å². The fourth-order valence-corrected chi connectivity index (χ4v) is 2.07. The monoisotopic (exact) mass is 245 g/mol. The largest absolute Gasteiger partial charge is 0.508 e. The number of rotatable bonds is 4. The summed E-state index contributed by atoms with van der Waals surface area (Å²) in [7, 11) is 0. The first-order chi connectivity index (χ1) is 8.74. The number of hydrogen-bond acceptors (Lipinski definition) is 3. The zero-order chi connectivity index (χ0) is 12.5. The van der Waals surface area contributed by atoms with Gasteiger partial charge in [-0.1, -0.05) is 0 Å². The number of benzene rings is 1. The average molecular weight is 245 g/mol. The van der Waals surface area contributed by atoms with Crippen molar-refractivity contribution in [3.05, 3.63) is 30.0 Å². The number of amides is 1. The molecule has 2 aromatic rings. The summed E-state index contributed by atoms with van der Waals surface area (Å²) in [6.07, 6.45) is 4.45. The van der Waals surface area contributed by atoms with Crippen molar-refractivity contribution in [2.24, 2.45) is 5.92 Å². The molecule has 0 spiro atoms. The third-order valence-corrected chi connectivity index (χ3v) is 3.28. The number of phenolic OH excluding ortho intramolecular Hbond substituents is 1. The molecule has 1 amide bonds. The molecule has 1 heterocycles. The first-order valence-electron chi connectivity index (χ1n) is 6.21. The molecule has 2 N–H and O–H groups in total. The zero-order valence-electron chi connectivity index (χ0n) is 9.98. The minimum absolute atomic E-state index is 0.158. The van der Waals surface area contributed by atoms with Gasteiger partial charge in [-0.05, 0) is 37.5 Å². The highest BCUT2D eigenvalue weighted by molar-refractivity contribution is 5.83. The maximum atomic E-state index is 11.5. The molecule has 0 saturated heterocycles. The molecule has 0 radical (unpaired) electrons. The Kier molecular flexibility index (Phi) is 2.70. The van der Waals surface area contributed by atoms with Crippen LogP contribution in [0, 0.1) is 5.92 Å². The third kappa shape index (κ3) is 2.18. The fourth-order valence-electron chi connectivity index (χ4n) is 2.07. The molecule has 1 aliphatic rings. The first kappa shape index (κ1) is 11.1. The number of furan rings is 1. The normalized spacial score (nSPS) is 14.9. The zero-order valence-corrected chi connectivity index (χ0v) is 9.98. The summed E-state index contributed by atoms with van der Waals surface area (Å²) >= 11 is 0. The molecule has 1 fully saturated rings. The highest BCUT2D eigenvalue weighted by atomic mass is 16.3. The Morgan fingerprint density at radius 1 is 1.44 bits per heavy atom. The van der Waals surface area contributed by atoms with Crippen LogP contribution in [0.3, 0.4) is 0 Å². The summed E-state index contributed by atoms with van der Waals surface area (Å²) in [5.41, 5.74) is 1.77. The van der Waals surface area contributed by atoms with E-state index in [0.29, 0.717) is 6.54 Å². The minimum atomic E-state index is 0.158. The van der Waals surface area contributed by atoms with E-state index in [-0.39, 0.29) is 17.6 Å². The van der Waals surface area contributed by atoms with Gasteiger partial charge in [0.05, 0.1) is 6.26 Å². The van der Waals surface area contributed by atoms with Crippen molar-refractivity contribution in [3.8, 4) is 5.75 Å². The summed E-state index contributed by atoms with van der Waals surface area (Å²) in [4.78, 5) is 11.5. The van der Waals surface area contributed by atoms with Gasteiger partial charge in [0, 0.05) is 23.4 Å². The Balaban J connectivity index is 1.66.